The number of likely N-dealkylation sites (tertiary alicyclic amines) is 1. The van der Waals surface area contributed by atoms with Crippen molar-refractivity contribution in [3.63, 3.8) is 0 Å². The van der Waals surface area contributed by atoms with Gasteiger partial charge in [0.1, 0.15) is 11.6 Å². The number of hydrogen-bond donors (Lipinski definition) is 0. The highest BCUT2D eigenvalue weighted by Crippen LogP contribution is 2.36. The zero-order chi connectivity index (χ0) is 17.2. The lowest BCUT2D eigenvalue weighted by molar-refractivity contribution is -0.175. The Hall–Kier alpha value is -1.67. The smallest absolute Gasteiger partial charge is 0.372 e. The summed E-state index contributed by atoms with van der Waals surface area (Å²) in [5, 5.41) is 0.887. The minimum Gasteiger partial charge on any atom is -0.372 e. The maximum Gasteiger partial charge on any atom is 0.411 e. The second kappa shape index (κ2) is 7.06. The molecule has 0 aliphatic carbocycles. The Bertz CT molecular complexity index is 684. The third-order valence-electron chi connectivity index (χ3n) is 3.89. The van der Waals surface area contributed by atoms with Crippen molar-refractivity contribution in [1.82, 2.24) is 9.88 Å². The Morgan fingerprint density at radius 1 is 1.38 bits per heavy atom. The van der Waals surface area contributed by atoms with E-state index in [2.05, 4.69) is 9.72 Å². The molecule has 24 heavy (non-hydrogen) atoms. The monoisotopic (exact) mass is 358 g/mol. The number of carbonyl (C=O) groups excluding carboxylic acids is 1. The molecule has 1 aliphatic rings. The summed E-state index contributed by atoms with van der Waals surface area (Å²) < 4.78 is 41.7. The molecule has 2 heterocycles. The molecule has 1 saturated heterocycles. The molecule has 4 nitrogen and oxygen atoms in total. The van der Waals surface area contributed by atoms with Crippen molar-refractivity contribution < 1.29 is 22.7 Å². The van der Waals surface area contributed by atoms with Crippen LogP contribution in [0.25, 0.3) is 10.2 Å². The van der Waals surface area contributed by atoms with E-state index in [4.69, 9.17) is 0 Å². The van der Waals surface area contributed by atoms with E-state index in [1.807, 2.05) is 24.3 Å². The summed E-state index contributed by atoms with van der Waals surface area (Å²) >= 11 is 1.56. The van der Waals surface area contributed by atoms with Gasteiger partial charge in [-0.3, -0.25) is 4.79 Å². The molecule has 1 amide bonds. The summed E-state index contributed by atoms with van der Waals surface area (Å²) in [6.45, 7) is -0.929. The number of hydrogen-bond acceptors (Lipinski definition) is 4. The van der Waals surface area contributed by atoms with E-state index in [1.165, 1.54) is 0 Å². The zero-order valence-electron chi connectivity index (χ0n) is 12.9. The van der Waals surface area contributed by atoms with Crippen LogP contribution in [-0.4, -0.2) is 41.7 Å². The number of aromatic nitrogens is 1. The number of para-hydroxylation sites is 1. The van der Waals surface area contributed by atoms with Gasteiger partial charge in [-0.1, -0.05) is 12.1 Å². The number of benzene rings is 1. The minimum absolute atomic E-state index is 0.0442. The lowest BCUT2D eigenvalue weighted by Gasteiger charge is -2.23. The first-order valence-corrected chi connectivity index (χ1v) is 8.55. The maximum absolute atomic E-state index is 12.3. The third kappa shape index (κ3) is 4.05. The largest absolute Gasteiger partial charge is 0.411 e. The van der Waals surface area contributed by atoms with Crippen LogP contribution in [0.1, 0.15) is 30.3 Å². The molecule has 1 fully saturated rings. The topological polar surface area (TPSA) is 42.4 Å². The fourth-order valence-corrected chi connectivity index (χ4v) is 3.96. The number of rotatable bonds is 5. The Morgan fingerprint density at radius 2 is 2.17 bits per heavy atom. The Morgan fingerprint density at radius 3 is 2.92 bits per heavy atom. The predicted molar refractivity (Wildman–Crippen MR) is 84.8 cm³/mol. The van der Waals surface area contributed by atoms with Crippen LogP contribution in [0.2, 0.25) is 0 Å². The van der Waals surface area contributed by atoms with Crippen molar-refractivity contribution in [2.24, 2.45) is 0 Å². The fraction of sp³-hybridized carbons (Fsp3) is 0.500. The molecule has 1 unspecified atom stereocenters. The second-order valence-corrected chi connectivity index (χ2v) is 6.74. The van der Waals surface area contributed by atoms with Gasteiger partial charge >= 0.3 is 6.18 Å². The highest BCUT2D eigenvalue weighted by molar-refractivity contribution is 7.18. The van der Waals surface area contributed by atoms with Gasteiger partial charge < -0.3 is 9.64 Å². The predicted octanol–water partition coefficient (Wildman–Crippen LogP) is 3.93. The number of halogens is 3. The first-order chi connectivity index (χ1) is 11.4. The molecule has 1 atom stereocenters. The molecule has 2 aromatic rings. The first kappa shape index (κ1) is 17.2. The number of ether oxygens (including phenoxy) is 1. The summed E-state index contributed by atoms with van der Waals surface area (Å²) in [5.41, 5.74) is 0.908. The lowest BCUT2D eigenvalue weighted by atomic mass is 10.2. The van der Waals surface area contributed by atoms with Gasteiger partial charge in [-0.25, -0.2) is 4.98 Å². The molecule has 1 aromatic carbocycles. The second-order valence-electron chi connectivity index (χ2n) is 5.68. The van der Waals surface area contributed by atoms with Gasteiger partial charge in [0.05, 0.1) is 29.3 Å². The van der Waals surface area contributed by atoms with Crippen LogP contribution in [-0.2, 0) is 9.53 Å². The van der Waals surface area contributed by atoms with Crippen LogP contribution in [0.15, 0.2) is 24.3 Å². The summed E-state index contributed by atoms with van der Waals surface area (Å²) in [5.74, 6) is -0.182. The molecule has 0 saturated carbocycles. The molecule has 1 aromatic heterocycles. The highest BCUT2D eigenvalue weighted by Gasteiger charge is 2.32. The number of carbonyl (C=O) groups is 1. The standard InChI is InChI=1S/C16H17F3N2O2S/c17-16(18,19)10-23-9-7-14(22)21-8-3-5-12(21)15-20-11-4-1-2-6-13(11)24-15/h1-2,4,6,12H,3,5,7-10H2. The summed E-state index contributed by atoms with van der Waals surface area (Å²) in [7, 11) is 0. The molecule has 0 radical (unpaired) electrons. The number of fused-ring (bicyclic) bond motifs is 1. The van der Waals surface area contributed by atoms with Gasteiger partial charge in [-0.05, 0) is 25.0 Å². The van der Waals surface area contributed by atoms with Crippen molar-refractivity contribution in [3.8, 4) is 0 Å². The van der Waals surface area contributed by atoms with Crippen molar-refractivity contribution in [3.05, 3.63) is 29.3 Å². The molecule has 0 bridgehead atoms. The Labute approximate surface area is 141 Å². The lowest BCUT2D eigenvalue weighted by Crippen LogP contribution is -2.31. The summed E-state index contributed by atoms with van der Waals surface area (Å²) in [6, 6.07) is 7.70. The van der Waals surface area contributed by atoms with E-state index < -0.39 is 12.8 Å². The van der Waals surface area contributed by atoms with Gasteiger partial charge in [0, 0.05) is 6.54 Å². The number of nitrogens with zero attached hydrogens (tertiary/aromatic N) is 2. The molecule has 0 N–H and O–H groups in total. The molecule has 8 heteroatoms. The molecule has 0 spiro atoms. The van der Waals surface area contributed by atoms with Gasteiger partial charge in [0.15, 0.2) is 0 Å². The van der Waals surface area contributed by atoms with E-state index in [9.17, 15) is 18.0 Å². The zero-order valence-corrected chi connectivity index (χ0v) is 13.7. The average Bonchev–Trinajstić information content (AvgIpc) is 3.16. The van der Waals surface area contributed by atoms with Crippen LogP contribution in [0.3, 0.4) is 0 Å². The van der Waals surface area contributed by atoms with Crippen LogP contribution in [0.5, 0.6) is 0 Å². The van der Waals surface area contributed by atoms with E-state index in [0.717, 1.165) is 28.1 Å². The number of thiazole rings is 1. The van der Waals surface area contributed by atoms with Gasteiger partial charge in [0.25, 0.3) is 0 Å². The van der Waals surface area contributed by atoms with Gasteiger partial charge in [0.2, 0.25) is 5.91 Å². The number of amides is 1. The Kier molecular flexibility index (Phi) is 5.05. The first-order valence-electron chi connectivity index (χ1n) is 7.73. The minimum atomic E-state index is -4.36. The van der Waals surface area contributed by atoms with E-state index >= 15 is 0 Å². The third-order valence-corrected chi connectivity index (χ3v) is 5.03. The SMILES string of the molecule is O=C(CCOCC(F)(F)F)N1CCCC1c1nc2ccccc2s1. The molecular formula is C16H17F3N2O2S. The van der Waals surface area contributed by atoms with Gasteiger partial charge in [-0.2, -0.15) is 13.2 Å². The normalized spacial score (nSPS) is 18.5. The average molecular weight is 358 g/mol. The quantitative estimate of drug-likeness (QED) is 0.761. The maximum atomic E-state index is 12.3. The van der Waals surface area contributed by atoms with E-state index in [1.54, 1.807) is 16.2 Å². The molecule has 1 aliphatic heterocycles. The fourth-order valence-electron chi connectivity index (χ4n) is 2.85. The van der Waals surface area contributed by atoms with Gasteiger partial charge in [-0.15, -0.1) is 11.3 Å². The summed E-state index contributed by atoms with van der Waals surface area (Å²) in [6.07, 6.45) is -2.71. The molecule has 130 valence electrons. The van der Waals surface area contributed by atoms with Crippen molar-refractivity contribution >= 4 is 27.5 Å². The van der Waals surface area contributed by atoms with Crippen molar-refractivity contribution in [2.45, 2.75) is 31.5 Å². The van der Waals surface area contributed by atoms with Crippen LogP contribution >= 0.6 is 11.3 Å². The molecular weight excluding hydrogens is 341 g/mol. The van der Waals surface area contributed by atoms with Crippen LogP contribution < -0.4 is 0 Å². The molecule has 3 rings (SSSR count). The Balaban J connectivity index is 1.61. The van der Waals surface area contributed by atoms with E-state index in [-0.39, 0.29) is 25.0 Å². The van der Waals surface area contributed by atoms with Crippen LogP contribution in [0.4, 0.5) is 13.2 Å². The van der Waals surface area contributed by atoms with Crippen molar-refractivity contribution in [2.75, 3.05) is 19.8 Å². The van der Waals surface area contributed by atoms with Crippen LogP contribution in [0, 0.1) is 0 Å². The number of alkyl halides is 3. The van der Waals surface area contributed by atoms with Crippen molar-refractivity contribution in [1.29, 1.82) is 0 Å². The summed E-state index contributed by atoms with van der Waals surface area (Å²) in [4.78, 5) is 18.6. The van der Waals surface area contributed by atoms with E-state index in [0.29, 0.717) is 6.54 Å². The highest BCUT2D eigenvalue weighted by atomic mass is 32.1.